The molecule has 0 N–H and O–H groups in total. The van der Waals surface area contributed by atoms with Crippen LogP contribution in [0.25, 0.3) is 0 Å². The summed E-state index contributed by atoms with van der Waals surface area (Å²) in [7, 11) is -1.06. The second kappa shape index (κ2) is 15.1. The molecule has 0 fully saturated rings. The maximum absolute atomic E-state index is 5.14. The smallest absolute Gasteiger partial charge is 0.313 e. The third-order valence-corrected chi connectivity index (χ3v) is 2.11. The van der Waals surface area contributed by atoms with Gasteiger partial charge in [-0.25, -0.2) is 0 Å². The third kappa shape index (κ3) is 11.6. The van der Waals surface area contributed by atoms with Crippen molar-refractivity contribution >= 4 is 32.6 Å². The van der Waals surface area contributed by atoms with Gasteiger partial charge in [0.05, 0.1) is 19.8 Å². The molecule has 0 spiro atoms. The molecule has 0 aromatic heterocycles. The molecular formula is C6H16CuIO3P. The molecule has 0 aromatic rings. The first-order valence-electron chi connectivity index (χ1n) is 3.54. The van der Waals surface area contributed by atoms with E-state index in [4.69, 9.17) is 13.6 Å². The van der Waals surface area contributed by atoms with Crippen LogP contribution in [0.15, 0.2) is 0 Å². The van der Waals surface area contributed by atoms with E-state index in [2.05, 4.69) is 0 Å². The maximum Gasteiger partial charge on any atom is 0.332 e. The van der Waals surface area contributed by atoms with Crippen molar-refractivity contribution in [3.63, 3.8) is 0 Å². The Hall–Kier alpha value is 1.56. The van der Waals surface area contributed by atoms with E-state index in [0.717, 1.165) is 0 Å². The molecule has 0 saturated carbocycles. The van der Waals surface area contributed by atoms with Crippen LogP contribution < -0.4 is 0 Å². The van der Waals surface area contributed by atoms with Gasteiger partial charge in [-0.3, -0.25) is 0 Å². The van der Waals surface area contributed by atoms with Crippen LogP contribution in [0, 0.1) is 0 Å². The number of hydrogen-bond donors (Lipinski definition) is 0. The minimum absolute atomic E-state index is 0. The minimum atomic E-state index is -1.06. The molecule has 1 radical (unpaired) electrons. The molecule has 0 rings (SSSR count). The SMILES string of the molecule is CCOP(OCC)OCC.I.[Cu]. The normalized spacial score (nSPS) is 9.00. The molecule has 0 amide bonds. The predicted molar refractivity (Wildman–Crippen MR) is 57.2 cm³/mol. The van der Waals surface area contributed by atoms with E-state index in [1.807, 2.05) is 20.8 Å². The topological polar surface area (TPSA) is 27.7 Å². The van der Waals surface area contributed by atoms with E-state index in [1.54, 1.807) is 0 Å². The standard InChI is InChI=1S/C6H15O3P.Cu.HI/c1-4-7-10(8-5-2)9-6-3;;/h4-6H2,1-3H3;;1H. The van der Waals surface area contributed by atoms with E-state index in [0.29, 0.717) is 19.8 Å². The van der Waals surface area contributed by atoms with Crippen molar-refractivity contribution in [3.8, 4) is 0 Å². The Labute approximate surface area is 103 Å². The first-order chi connectivity index (χ1) is 4.85. The van der Waals surface area contributed by atoms with Gasteiger partial charge in [-0.2, -0.15) is 0 Å². The fourth-order valence-electron chi connectivity index (χ4n) is 0.428. The minimum Gasteiger partial charge on any atom is -0.313 e. The monoisotopic (exact) mass is 357 g/mol. The average molecular weight is 358 g/mol. The summed E-state index contributed by atoms with van der Waals surface area (Å²) in [5.41, 5.74) is 0. The van der Waals surface area contributed by atoms with Gasteiger partial charge in [0.15, 0.2) is 0 Å². The predicted octanol–water partition coefficient (Wildman–Crippen LogP) is 2.94. The Bertz CT molecular complexity index is 65.5. The maximum atomic E-state index is 5.14. The van der Waals surface area contributed by atoms with E-state index in [9.17, 15) is 0 Å². The van der Waals surface area contributed by atoms with E-state index in [1.165, 1.54) is 0 Å². The molecule has 0 aliphatic heterocycles. The summed E-state index contributed by atoms with van der Waals surface area (Å²) in [6.07, 6.45) is 0. The van der Waals surface area contributed by atoms with Gasteiger partial charge < -0.3 is 13.6 Å². The summed E-state index contributed by atoms with van der Waals surface area (Å²) < 4.78 is 15.4. The summed E-state index contributed by atoms with van der Waals surface area (Å²) in [6, 6.07) is 0. The summed E-state index contributed by atoms with van der Waals surface area (Å²) in [5, 5.41) is 0. The number of halogens is 1. The summed E-state index contributed by atoms with van der Waals surface area (Å²) in [4.78, 5) is 0. The van der Waals surface area contributed by atoms with Gasteiger partial charge in [-0.05, 0) is 20.8 Å². The van der Waals surface area contributed by atoms with Crippen molar-refractivity contribution in [1.29, 1.82) is 0 Å². The van der Waals surface area contributed by atoms with E-state index < -0.39 is 8.60 Å². The van der Waals surface area contributed by atoms with Gasteiger partial charge in [-0.15, -0.1) is 24.0 Å². The van der Waals surface area contributed by atoms with Crippen LogP contribution in [0.3, 0.4) is 0 Å². The fourth-order valence-corrected chi connectivity index (χ4v) is 1.28. The molecule has 0 bridgehead atoms. The third-order valence-electron chi connectivity index (χ3n) is 0.704. The number of hydrogen-bond acceptors (Lipinski definition) is 3. The summed E-state index contributed by atoms with van der Waals surface area (Å²) in [6.45, 7) is 7.71. The van der Waals surface area contributed by atoms with Crippen LogP contribution in [0.1, 0.15) is 20.8 Å². The Morgan fingerprint density at radius 3 is 1.25 bits per heavy atom. The number of rotatable bonds is 6. The average Bonchev–Trinajstić information content (AvgIpc) is 1.90. The van der Waals surface area contributed by atoms with Gasteiger partial charge in [0, 0.05) is 17.1 Å². The first kappa shape index (κ1) is 19.2. The molecule has 12 heavy (non-hydrogen) atoms. The fraction of sp³-hybridized carbons (Fsp3) is 1.00. The van der Waals surface area contributed by atoms with Crippen molar-refractivity contribution in [1.82, 2.24) is 0 Å². The van der Waals surface area contributed by atoms with Gasteiger partial charge in [0.1, 0.15) is 0 Å². The van der Waals surface area contributed by atoms with Gasteiger partial charge >= 0.3 is 8.60 Å². The second-order valence-corrected chi connectivity index (χ2v) is 2.70. The zero-order valence-electron chi connectivity index (χ0n) is 7.50. The van der Waals surface area contributed by atoms with E-state index in [-0.39, 0.29) is 41.0 Å². The Morgan fingerprint density at radius 2 is 1.08 bits per heavy atom. The Balaban J connectivity index is -0.000000405. The van der Waals surface area contributed by atoms with Crippen molar-refractivity contribution in [2.45, 2.75) is 20.8 Å². The largest absolute Gasteiger partial charge is 0.332 e. The van der Waals surface area contributed by atoms with Gasteiger partial charge in [0.25, 0.3) is 0 Å². The molecule has 3 nitrogen and oxygen atoms in total. The first-order valence-corrected chi connectivity index (χ1v) is 4.63. The van der Waals surface area contributed by atoms with E-state index >= 15 is 0 Å². The summed E-state index contributed by atoms with van der Waals surface area (Å²) in [5.74, 6) is 0. The van der Waals surface area contributed by atoms with Crippen LogP contribution in [0.2, 0.25) is 0 Å². The molecule has 0 aromatic carbocycles. The molecule has 0 unspecified atom stereocenters. The van der Waals surface area contributed by atoms with Crippen LogP contribution >= 0.6 is 32.6 Å². The van der Waals surface area contributed by atoms with Crippen LogP contribution in [0.5, 0.6) is 0 Å². The molecular weight excluding hydrogens is 341 g/mol. The van der Waals surface area contributed by atoms with Crippen molar-refractivity contribution in [2.24, 2.45) is 0 Å². The quantitative estimate of drug-likeness (QED) is 0.416. The molecule has 0 saturated heterocycles. The molecule has 0 heterocycles. The molecule has 6 heteroatoms. The van der Waals surface area contributed by atoms with Crippen molar-refractivity contribution in [2.75, 3.05) is 19.8 Å². The van der Waals surface area contributed by atoms with Crippen LogP contribution in [-0.4, -0.2) is 19.8 Å². The summed E-state index contributed by atoms with van der Waals surface area (Å²) >= 11 is 0. The zero-order chi connectivity index (χ0) is 7.82. The second-order valence-electron chi connectivity index (χ2n) is 1.48. The molecule has 0 aliphatic carbocycles. The van der Waals surface area contributed by atoms with Crippen molar-refractivity contribution in [3.05, 3.63) is 0 Å². The zero-order valence-corrected chi connectivity index (χ0v) is 11.7. The molecule has 0 atom stereocenters. The van der Waals surface area contributed by atoms with Crippen molar-refractivity contribution < 1.29 is 30.6 Å². The van der Waals surface area contributed by atoms with Gasteiger partial charge in [0.2, 0.25) is 0 Å². The van der Waals surface area contributed by atoms with Gasteiger partial charge in [-0.1, -0.05) is 0 Å². The molecule has 81 valence electrons. The Morgan fingerprint density at radius 1 is 0.833 bits per heavy atom. The van der Waals surface area contributed by atoms with Crippen LogP contribution in [0.4, 0.5) is 0 Å². The Kier molecular flexibility index (Phi) is 24.1. The van der Waals surface area contributed by atoms with Crippen LogP contribution in [-0.2, 0) is 30.6 Å². The molecule has 0 aliphatic rings.